The maximum atomic E-state index is 13.3. The zero-order valence-electron chi connectivity index (χ0n) is 13.7. The van der Waals surface area contributed by atoms with E-state index < -0.39 is 24.8 Å². The van der Waals surface area contributed by atoms with Gasteiger partial charge >= 0.3 is 12.0 Å². The average molecular weight is 350 g/mol. The predicted molar refractivity (Wildman–Crippen MR) is 82.9 cm³/mol. The molecule has 2 unspecified atom stereocenters. The van der Waals surface area contributed by atoms with Crippen LogP contribution < -0.4 is 0 Å². The van der Waals surface area contributed by atoms with Gasteiger partial charge in [0, 0.05) is 0 Å². The van der Waals surface area contributed by atoms with Crippen LogP contribution in [0.15, 0.2) is 35.5 Å². The van der Waals surface area contributed by atoms with Gasteiger partial charge in [0.15, 0.2) is 6.67 Å². The van der Waals surface area contributed by atoms with Gasteiger partial charge in [-0.25, -0.2) is 4.39 Å². The highest BCUT2D eigenvalue weighted by Crippen LogP contribution is 2.38. The molecule has 2 rings (SSSR count). The first-order valence-electron chi connectivity index (χ1n) is 8.36. The third-order valence-electron chi connectivity index (χ3n) is 4.54. The summed E-state index contributed by atoms with van der Waals surface area (Å²) in [7, 11) is 0. The van der Waals surface area contributed by atoms with Crippen molar-refractivity contribution < 1.29 is 26.7 Å². The summed E-state index contributed by atoms with van der Waals surface area (Å²) in [5.74, 6) is -4.12. The highest BCUT2D eigenvalue weighted by Gasteiger charge is 2.59. The molecule has 136 valence electrons. The van der Waals surface area contributed by atoms with Gasteiger partial charge in [0.05, 0.1) is 6.10 Å². The van der Waals surface area contributed by atoms with Gasteiger partial charge in [0.25, 0.3) is 0 Å². The minimum atomic E-state index is -4.82. The number of halogens is 5. The van der Waals surface area contributed by atoms with Crippen molar-refractivity contribution in [2.75, 3.05) is 6.67 Å². The molecule has 0 aromatic rings. The fourth-order valence-electron chi connectivity index (χ4n) is 3.10. The van der Waals surface area contributed by atoms with Crippen molar-refractivity contribution in [3.63, 3.8) is 0 Å². The van der Waals surface area contributed by atoms with Crippen LogP contribution in [0.3, 0.4) is 0 Å². The molecule has 0 aromatic carbocycles. The minimum absolute atomic E-state index is 0.0690. The van der Waals surface area contributed by atoms with Gasteiger partial charge in [0.1, 0.15) is 0 Å². The molecule has 0 aliphatic heterocycles. The molecular formula is C18H23F5O. The summed E-state index contributed by atoms with van der Waals surface area (Å²) in [4.78, 5) is 0. The second-order valence-corrected chi connectivity index (χ2v) is 6.42. The lowest BCUT2D eigenvalue weighted by Crippen LogP contribution is -2.46. The van der Waals surface area contributed by atoms with Crippen LogP contribution in [0.2, 0.25) is 0 Å². The molecular weight excluding hydrogens is 327 g/mol. The summed E-state index contributed by atoms with van der Waals surface area (Å²) in [6.07, 6.45) is 6.34. The second kappa shape index (κ2) is 7.81. The van der Waals surface area contributed by atoms with E-state index in [2.05, 4.69) is 17.7 Å². The van der Waals surface area contributed by atoms with Gasteiger partial charge in [-0.3, -0.25) is 0 Å². The molecule has 0 saturated heterocycles. The predicted octanol–water partition coefficient (Wildman–Crippen LogP) is 5.98. The van der Waals surface area contributed by atoms with Crippen LogP contribution in [0.5, 0.6) is 0 Å². The highest BCUT2D eigenvalue weighted by atomic mass is 19.3. The molecule has 1 nitrogen and oxygen atoms in total. The van der Waals surface area contributed by atoms with E-state index >= 15 is 0 Å². The zero-order valence-corrected chi connectivity index (χ0v) is 13.7. The quantitative estimate of drug-likeness (QED) is 0.513. The maximum Gasteiger partial charge on any atom is 0.422 e. The van der Waals surface area contributed by atoms with Crippen molar-refractivity contribution in [2.45, 2.75) is 63.6 Å². The van der Waals surface area contributed by atoms with Crippen LogP contribution in [0.25, 0.3) is 0 Å². The van der Waals surface area contributed by atoms with Crippen molar-refractivity contribution in [2.24, 2.45) is 5.92 Å². The fourth-order valence-corrected chi connectivity index (χ4v) is 3.10. The first kappa shape index (κ1) is 19.2. The number of ether oxygens (including phenoxy) is 1. The van der Waals surface area contributed by atoms with E-state index in [-0.39, 0.29) is 6.42 Å². The molecule has 6 heteroatoms. The van der Waals surface area contributed by atoms with E-state index in [0.29, 0.717) is 5.92 Å². The molecule has 24 heavy (non-hydrogen) atoms. The summed E-state index contributed by atoms with van der Waals surface area (Å²) in [5.41, 5.74) is 2.10. The molecule has 2 aliphatic rings. The lowest BCUT2D eigenvalue weighted by atomic mass is 9.83. The van der Waals surface area contributed by atoms with Crippen LogP contribution in [-0.4, -0.2) is 24.8 Å². The molecule has 0 fully saturated rings. The molecule has 0 saturated carbocycles. The Morgan fingerprint density at radius 2 is 1.92 bits per heavy atom. The van der Waals surface area contributed by atoms with E-state index in [1.165, 1.54) is 12.5 Å². The van der Waals surface area contributed by atoms with E-state index in [4.69, 9.17) is 0 Å². The van der Waals surface area contributed by atoms with Crippen LogP contribution in [0, 0.1) is 5.92 Å². The van der Waals surface area contributed by atoms with Crippen molar-refractivity contribution in [1.29, 1.82) is 0 Å². The smallest absolute Gasteiger partial charge is 0.308 e. The highest BCUT2D eigenvalue weighted by molar-refractivity contribution is 5.42. The molecule has 0 N–H and O–H groups in total. The number of allylic oxidation sites excluding steroid dienone is 4. The Balaban J connectivity index is 1.92. The van der Waals surface area contributed by atoms with E-state index in [0.717, 1.165) is 36.8 Å². The lowest BCUT2D eigenvalue weighted by Gasteiger charge is -2.28. The normalized spacial score (nSPS) is 25.4. The first-order valence-corrected chi connectivity index (χ1v) is 8.36. The molecule has 0 amide bonds. The summed E-state index contributed by atoms with van der Waals surface area (Å²) in [6, 6.07) is 0. The molecule has 0 radical (unpaired) electrons. The Hall–Kier alpha value is -1.17. The largest absolute Gasteiger partial charge is 0.422 e. The van der Waals surface area contributed by atoms with Gasteiger partial charge in [-0.05, 0) is 42.7 Å². The number of hydrogen-bond acceptors (Lipinski definition) is 1. The monoisotopic (exact) mass is 350 g/mol. The van der Waals surface area contributed by atoms with Gasteiger partial charge in [-0.2, -0.15) is 17.6 Å². The summed E-state index contributed by atoms with van der Waals surface area (Å²) >= 11 is 0. The average Bonchev–Trinajstić information content (AvgIpc) is 2.56. The lowest BCUT2D eigenvalue weighted by molar-refractivity contribution is -0.358. The Bertz CT molecular complexity index is 522. The zero-order chi connectivity index (χ0) is 17.8. The third kappa shape index (κ3) is 4.47. The number of hydrogen-bond donors (Lipinski definition) is 0. The van der Waals surface area contributed by atoms with Gasteiger partial charge < -0.3 is 4.74 Å². The van der Waals surface area contributed by atoms with Crippen molar-refractivity contribution in [1.82, 2.24) is 0 Å². The number of rotatable bonds is 7. The summed E-state index contributed by atoms with van der Waals surface area (Å²) in [5, 5.41) is 0. The summed E-state index contributed by atoms with van der Waals surface area (Å²) < 4.78 is 68.5. The Labute approximate surface area is 139 Å². The van der Waals surface area contributed by atoms with E-state index in [1.807, 2.05) is 0 Å². The van der Waals surface area contributed by atoms with Gasteiger partial charge in [-0.1, -0.05) is 44.1 Å². The van der Waals surface area contributed by atoms with E-state index in [9.17, 15) is 22.0 Å². The van der Waals surface area contributed by atoms with Gasteiger partial charge in [0.2, 0.25) is 0 Å². The Morgan fingerprint density at radius 1 is 1.17 bits per heavy atom. The number of alkyl halides is 5. The fraction of sp³-hybridized carbons (Fsp3) is 0.667. The topological polar surface area (TPSA) is 9.23 Å². The first-order chi connectivity index (χ1) is 11.3. The van der Waals surface area contributed by atoms with Gasteiger partial charge in [-0.15, -0.1) is 0 Å². The SMILES string of the molecule is CCCC1CC=C(C2=CCC(OC(F)(F)C(F)(F)CF)C=C2)CC1. The maximum absolute atomic E-state index is 13.3. The Kier molecular flexibility index (Phi) is 6.23. The molecule has 0 aromatic heterocycles. The molecule has 2 aliphatic carbocycles. The third-order valence-corrected chi connectivity index (χ3v) is 4.54. The van der Waals surface area contributed by atoms with Crippen LogP contribution in [0.1, 0.15) is 45.4 Å². The van der Waals surface area contributed by atoms with E-state index in [1.54, 1.807) is 12.2 Å². The second-order valence-electron chi connectivity index (χ2n) is 6.42. The minimum Gasteiger partial charge on any atom is -0.308 e. The standard InChI is InChI=1S/C18H23F5O/c1-2-3-13-4-6-14(7-5-13)15-8-10-16(11-9-15)24-18(22,23)17(20,21)12-19/h6,8-10,13,16H,2-5,7,11-12H2,1H3. The molecule has 2 atom stereocenters. The Morgan fingerprint density at radius 3 is 2.42 bits per heavy atom. The van der Waals surface area contributed by atoms with Crippen LogP contribution >= 0.6 is 0 Å². The van der Waals surface area contributed by atoms with Crippen LogP contribution in [0.4, 0.5) is 22.0 Å². The summed E-state index contributed by atoms with van der Waals surface area (Å²) in [6.45, 7) is -0.294. The molecule has 0 heterocycles. The van der Waals surface area contributed by atoms with Crippen molar-refractivity contribution in [3.05, 3.63) is 35.5 Å². The van der Waals surface area contributed by atoms with Crippen LogP contribution in [-0.2, 0) is 4.74 Å². The van der Waals surface area contributed by atoms with Crippen molar-refractivity contribution >= 4 is 0 Å². The molecule has 0 bridgehead atoms. The molecule has 0 spiro atoms. The van der Waals surface area contributed by atoms with Crippen molar-refractivity contribution in [3.8, 4) is 0 Å².